The molecule has 74 heavy (non-hydrogen) atoms. The minimum absolute atomic E-state index is 0.216. The zero-order valence-corrected chi connectivity index (χ0v) is 41.1. The first-order chi connectivity index (χ1) is 35.1. The molecule has 22 nitrogen and oxygen atoms in total. The lowest BCUT2D eigenvalue weighted by atomic mass is 9.36. The fourth-order valence-corrected chi connectivity index (χ4v) is 17.8. The summed E-state index contributed by atoms with van der Waals surface area (Å²) in [5.74, 6) is -6.49. The van der Waals surface area contributed by atoms with Crippen molar-refractivity contribution in [1.82, 2.24) is 0 Å². The van der Waals surface area contributed by atoms with E-state index >= 15 is 4.79 Å². The number of furan rings is 1. The number of carbonyl (C=O) groups is 4. The summed E-state index contributed by atoms with van der Waals surface area (Å²) in [4.78, 5) is 58.4. The van der Waals surface area contributed by atoms with E-state index in [9.17, 15) is 55.2 Å². The molecule has 15 rings (SSSR count). The predicted molar refractivity (Wildman–Crippen MR) is 239 cm³/mol. The van der Waals surface area contributed by atoms with E-state index in [4.69, 9.17) is 47.0 Å². The van der Waals surface area contributed by atoms with Crippen LogP contribution < -0.4 is 0 Å². The molecule has 4 aliphatic carbocycles. The number of aliphatic hydroxyl groups is 8. The zero-order chi connectivity index (χ0) is 52.1. The van der Waals surface area contributed by atoms with Gasteiger partial charge in [-0.3, -0.25) is 9.59 Å². The van der Waals surface area contributed by atoms with E-state index in [1.165, 1.54) is 12.5 Å². The predicted octanol–water partition coefficient (Wildman–Crippen LogP) is -0.855. The van der Waals surface area contributed by atoms with Crippen molar-refractivity contribution in [2.24, 2.45) is 57.2 Å². The maximum atomic E-state index is 15.2. The van der Waals surface area contributed by atoms with Crippen LogP contribution in [0.1, 0.15) is 77.9 Å². The summed E-state index contributed by atoms with van der Waals surface area (Å²) in [6.45, 7) is 6.29. The highest BCUT2D eigenvalue weighted by atomic mass is 16.7. The van der Waals surface area contributed by atoms with Gasteiger partial charge in [0.25, 0.3) is 0 Å². The van der Waals surface area contributed by atoms with Crippen LogP contribution in [0.4, 0.5) is 0 Å². The van der Waals surface area contributed by atoms with Crippen molar-refractivity contribution in [3.8, 4) is 0 Å². The number of aliphatic hydroxyl groups excluding tert-OH is 8. The molecule has 6 bridgehead atoms. The van der Waals surface area contributed by atoms with Crippen LogP contribution in [0.2, 0.25) is 0 Å². The smallest absolute Gasteiger partial charge is 0.343 e. The lowest BCUT2D eigenvalue weighted by molar-refractivity contribution is -0.388. The maximum absolute atomic E-state index is 15.2. The lowest BCUT2D eigenvalue weighted by Crippen LogP contribution is -2.82. The van der Waals surface area contributed by atoms with Crippen molar-refractivity contribution in [2.45, 2.75) is 175 Å². The van der Waals surface area contributed by atoms with Gasteiger partial charge in [-0.1, -0.05) is 27.7 Å². The van der Waals surface area contributed by atoms with Crippen LogP contribution in [0.3, 0.4) is 0 Å². The summed E-state index contributed by atoms with van der Waals surface area (Å²) in [5.41, 5.74) is -6.82. The molecule has 0 radical (unpaired) electrons. The molecule has 14 aliphatic rings. The number of carbonyl (C=O) groups excluding carboxylic acids is 4. The number of esters is 4. The molecule has 0 spiro atoms. The van der Waals surface area contributed by atoms with Gasteiger partial charge in [-0.05, 0) is 79.2 Å². The van der Waals surface area contributed by atoms with Gasteiger partial charge in [0.15, 0.2) is 23.8 Å². The molecule has 11 heterocycles. The van der Waals surface area contributed by atoms with Gasteiger partial charge >= 0.3 is 23.9 Å². The first kappa shape index (κ1) is 49.7. The number of cyclic esters (lactones) is 2. The molecule has 22 heteroatoms. The van der Waals surface area contributed by atoms with Gasteiger partial charge in [0.05, 0.1) is 49.8 Å². The second-order valence-electron chi connectivity index (χ2n) is 24.3. The number of ether oxygens (including phenoxy) is 9. The van der Waals surface area contributed by atoms with Crippen molar-refractivity contribution in [1.29, 1.82) is 0 Å². The number of fused-ring (bicyclic) bond motifs is 6. The van der Waals surface area contributed by atoms with Crippen LogP contribution in [0.25, 0.3) is 0 Å². The Kier molecular flexibility index (Phi) is 11.0. The van der Waals surface area contributed by atoms with Crippen LogP contribution in [0, 0.1) is 57.2 Å². The highest BCUT2D eigenvalue weighted by Crippen LogP contribution is 2.76. The first-order valence-corrected chi connectivity index (χ1v) is 26.0. The Morgan fingerprint density at radius 1 is 0.649 bits per heavy atom. The van der Waals surface area contributed by atoms with E-state index in [0.29, 0.717) is 24.0 Å². The third-order valence-corrected chi connectivity index (χ3v) is 21.1. The van der Waals surface area contributed by atoms with Crippen molar-refractivity contribution < 1.29 is 107 Å². The second kappa shape index (κ2) is 16.3. The topological polar surface area (TPSA) is 326 Å². The van der Waals surface area contributed by atoms with Crippen LogP contribution >= 0.6 is 0 Å². The average Bonchev–Trinajstić information content (AvgIpc) is 4.24. The van der Waals surface area contributed by atoms with Crippen molar-refractivity contribution >= 4 is 23.9 Å². The fraction of sp³-hybridized carbons (Fsp3) is 0.769. The Balaban J connectivity index is 0.878. The molecule has 0 amide bonds. The van der Waals surface area contributed by atoms with E-state index in [2.05, 4.69) is 0 Å². The van der Waals surface area contributed by atoms with Gasteiger partial charge in [-0.2, -0.15) is 0 Å². The molecule has 404 valence electrons. The Labute approximate surface area is 423 Å². The zero-order valence-electron chi connectivity index (χ0n) is 41.1. The fourth-order valence-electron chi connectivity index (χ4n) is 17.8. The summed E-state index contributed by atoms with van der Waals surface area (Å²) in [7, 11) is 0. The van der Waals surface area contributed by atoms with Gasteiger partial charge in [-0.15, -0.1) is 0 Å². The lowest BCUT2D eigenvalue weighted by Gasteiger charge is -2.72. The minimum Gasteiger partial charge on any atom is -0.472 e. The van der Waals surface area contributed by atoms with E-state index in [-0.39, 0.29) is 25.7 Å². The molecule has 28 atom stereocenters. The van der Waals surface area contributed by atoms with E-state index < -0.39 is 203 Å². The number of hydrogen-bond acceptors (Lipinski definition) is 22. The van der Waals surface area contributed by atoms with Gasteiger partial charge in [0, 0.05) is 40.1 Å². The Hall–Kier alpha value is -3.88. The van der Waals surface area contributed by atoms with Gasteiger partial charge in [0.1, 0.15) is 73.2 Å². The van der Waals surface area contributed by atoms with E-state index in [1.54, 1.807) is 18.2 Å². The average molecular weight is 1040 g/mol. The molecular formula is C52H64O22. The molecular weight excluding hydrogens is 977 g/mol. The highest BCUT2D eigenvalue weighted by Gasteiger charge is 2.85. The third-order valence-electron chi connectivity index (χ3n) is 21.1. The molecule has 0 aromatic carbocycles. The summed E-state index contributed by atoms with van der Waals surface area (Å²) in [6.07, 6.45) is -12.2. The van der Waals surface area contributed by atoms with Crippen molar-refractivity contribution in [3.05, 3.63) is 48.0 Å². The molecule has 1 aromatic rings. The quantitative estimate of drug-likeness (QED) is 0.0893. The molecule has 0 unspecified atom stereocenters. The van der Waals surface area contributed by atoms with Crippen LogP contribution in [-0.2, 0) is 61.8 Å². The summed E-state index contributed by atoms with van der Waals surface area (Å²) < 4.78 is 62.9. The molecule has 1 aromatic heterocycles. The molecule has 3 saturated carbocycles. The maximum Gasteiger partial charge on any atom is 0.343 e. The Morgan fingerprint density at radius 3 is 1.85 bits per heavy atom. The first-order valence-electron chi connectivity index (χ1n) is 26.0. The van der Waals surface area contributed by atoms with E-state index in [0.717, 1.165) is 0 Å². The number of hydrogen-bond donors (Lipinski definition) is 8. The molecule has 8 N–H and O–H groups in total. The molecule has 10 aliphatic heterocycles. The number of rotatable bonds is 8. The van der Waals surface area contributed by atoms with Crippen molar-refractivity contribution in [3.63, 3.8) is 0 Å². The Bertz CT molecular complexity index is 2570. The molecule has 8 saturated heterocycles. The van der Waals surface area contributed by atoms with Crippen molar-refractivity contribution in [2.75, 3.05) is 13.2 Å². The molecule has 11 fully saturated rings. The second-order valence-corrected chi connectivity index (χ2v) is 24.3. The van der Waals surface area contributed by atoms with Gasteiger partial charge < -0.3 is 87.9 Å². The third kappa shape index (κ3) is 6.06. The van der Waals surface area contributed by atoms with Crippen LogP contribution in [0.15, 0.2) is 46.8 Å². The summed E-state index contributed by atoms with van der Waals surface area (Å²) in [5, 5.41) is 86.0. The van der Waals surface area contributed by atoms with Gasteiger partial charge in [-0.25, -0.2) is 9.59 Å². The monoisotopic (exact) mass is 1040 g/mol. The summed E-state index contributed by atoms with van der Waals surface area (Å²) >= 11 is 0. The SMILES string of the molecule is C[C@@]12C[C@@H](C3=C[C@@H]4O[C@H]3[C@H]3[C@H]5OC(=O)[C@@](O[C@@H]6O[C@H](CO)[C@@H](O)[C@H](O)[C@H]6O)([C@H]34)[C@]3(C)CC[C@H]4C(=O)O[C@H](c6ccoc6)C[C@@]4(C)[C@H]53)OC(=O)[C@@H]1CC[C@]1(C)[C@H]2[C@H]2C=C[C@]1(O[C@@H]1O[C@H](CO)[C@@H](O)[C@H](O)[C@H]1O)C(=O)O2. The van der Waals surface area contributed by atoms with Gasteiger partial charge in [0.2, 0.25) is 0 Å². The normalized spacial score (nSPS) is 56.5. The van der Waals surface area contributed by atoms with Crippen LogP contribution in [-0.4, -0.2) is 181 Å². The van der Waals surface area contributed by atoms with E-state index in [1.807, 2.05) is 33.8 Å². The highest BCUT2D eigenvalue weighted by molar-refractivity contribution is 5.87. The van der Waals surface area contributed by atoms with Crippen LogP contribution in [0.5, 0.6) is 0 Å². The summed E-state index contributed by atoms with van der Waals surface area (Å²) in [6, 6.07) is 1.73. The standard InChI is InChI=1S/C52H64O22/c1-47-15-26(68-42(62)21(47)5-9-49(3)39(47)23-7-11-51(49,45(63)71-23)73-43-35(59)33(57)31(55)27(16-53)69-43)20-13-24-30-29(37(20)66-24)38-40-48(2)14-25(19-8-12-65-18-19)67-41(61)22(48)6-10-50(40,4)52(30,46(64)72-38)74-44-36(60)34(58)32(56)28(17-54)70-44/h7-8,11-13,18,21-40,43-44,53-60H,5-6,9-10,14-17H2,1-4H3/t21-,22-,23+,24-,25-,26-,27+,28+,29-,30-,31+,32+,33-,34-,35+,36+,37+,38+,39-,40-,43-,44-,47+,48+,49+,50+,51-,52-/m0/s1. The minimum atomic E-state index is -2.00. The largest absolute Gasteiger partial charge is 0.472 e. The Morgan fingerprint density at radius 2 is 1.24 bits per heavy atom.